The number of carbonyl (C=O) groups is 3. The van der Waals surface area contributed by atoms with Crippen molar-refractivity contribution in [1.29, 1.82) is 0 Å². The molecule has 166 valence electrons. The van der Waals surface area contributed by atoms with Gasteiger partial charge in [-0.1, -0.05) is 74.5 Å². The van der Waals surface area contributed by atoms with Gasteiger partial charge in [0.1, 0.15) is 0 Å². The van der Waals surface area contributed by atoms with Crippen molar-refractivity contribution in [2.24, 2.45) is 0 Å². The van der Waals surface area contributed by atoms with E-state index in [1.54, 1.807) is 74.5 Å². The van der Waals surface area contributed by atoms with Crippen molar-refractivity contribution < 1.29 is 38.8 Å². The molecule has 2 aromatic rings. The first-order valence-electron chi connectivity index (χ1n) is 9.91. The minimum atomic E-state index is -2.10. The summed E-state index contributed by atoms with van der Waals surface area (Å²) >= 11 is 0. The highest BCUT2D eigenvalue weighted by Crippen LogP contribution is 2.36. The molecule has 2 rings (SSSR count). The van der Waals surface area contributed by atoms with E-state index in [0.29, 0.717) is 0 Å². The summed E-state index contributed by atoms with van der Waals surface area (Å²) in [5.41, 5.74) is -1.60. The summed E-state index contributed by atoms with van der Waals surface area (Å²) in [4.78, 5) is 36.6. The highest BCUT2D eigenvalue weighted by atomic mass is 16.7. The molecule has 0 amide bonds. The van der Waals surface area contributed by atoms with Gasteiger partial charge >= 0.3 is 17.9 Å². The third-order valence-electron chi connectivity index (χ3n) is 4.55. The van der Waals surface area contributed by atoms with Crippen molar-refractivity contribution >= 4 is 17.9 Å². The molecule has 0 fully saturated rings. The number of carbonyl (C=O) groups excluding carboxylic acids is 2. The highest BCUT2D eigenvalue weighted by molar-refractivity contribution is 5.84. The molecule has 2 aromatic carbocycles. The molecule has 0 aliphatic heterocycles. The van der Waals surface area contributed by atoms with Crippen molar-refractivity contribution in [2.45, 2.75) is 44.7 Å². The number of carboxylic acids is 1. The zero-order valence-corrected chi connectivity index (χ0v) is 17.4. The third-order valence-corrected chi connectivity index (χ3v) is 4.55. The number of aliphatic carboxylic acids is 1. The van der Waals surface area contributed by atoms with Crippen LogP contribution in [0.5, 0.6) is 0 Å². The second kappa shape index (κ2) is 11.2. The van der Waals surface area contributed by atoms with E-state index in [1.165, 1.54) is 0 Å². The first-order valence-corrected chi connectivity index (χ1v) is 9.91. The Hall–Kier alpha value is -3.23. The Balaban J connectivity index is 2.62. The number of hydrogen-bond donors (Lipinski definition) is 2. The van der Waals surface area contributed by atoms with Crippen molar-refractivity contribution in [3.63, 3.8) is 0 Å². The van der Waals surface area contributed by atoms with Gasteiger partial charge in [0.05, 0.1) is 6.61 Å². The first-order chi connectivity index (χ1) is 14.9. The first kappa shape index (κ1) is 24.0. The monoisotopic (exact) mass is 430 g/mol. The lowest BCUT2D eigenvalue weighted by atomic mass is 9.86. The molecule has 0 spiro atoms. The lowest BCUT2D eigenvalue weighted by molar-refractivity contribution is -0.249. The van der Waals surface area contributed by atoms with E-state index in [9.17, 15) is 24.6 Å². The van der Waals surface area contributed by atoms with Gasteiger partial charge in [0, 0.05) is 12.8 Å². The fourth-order valence-electron chi connectivity index (χ4n) is 2.94. The molecule has 0 aromatic heterocycles. The van der Waals surface area contributed by atoms with Crippen molar-refractivity contribution in [3.05, 3.63) is 71.8 Å². The fraction of sp³-hybridized carbons (Fsp3) is 0.348. The van der Waals surface area contributed by atoms with Crippen LogP contribution in [0.15, 0.2) is 60.7 Å². The predicted molar refractivity (Wildman–Crippen MR) is 110 cm³/mol. The maximum atomic E-state index is 12.7. The number of hydrogen-bond acceptors (Lipinski definition) is 7. The standard InChI is InChI=1S/C23H26O8/c1-3-19(25)29-18(15-24)21(30-20(26)4-2)31-23(22(27)28,16-11-7-5-8-12-16)17-13-9-6-10-14-17/h5-14,18,21,24H,3-4,15H2,1-2H3,(H,27,28). The summed E-state index contributed by atoms with van der Waals surface area (Å²) in [6, 6.07) is 16.3. The topological polar surface area (TPSA) is 119 Å². The number of aliphatic hydroxyl groups excluding tert-OH is 1. The van der Waals surface area contributed by atoms with Crippen LogP contribution in [0.25, 0.3) is 0 Å². The van der Waals surface area contributed by atoms with Crippen LogP contribution in [-0.4, -0.2) is 47.1 Å². The van der Waals surface area contributed by atoms with Crippen molar-refractivity contribution in [2.75, 3.05) is 6.61 Å². The van der Waals surface area contributed by atoms with Crippen LogP contribution in [0.3, 0.4) is 0 Å². The van der Waals surface area contributed by atoms with Gasteiger partial charge in [0.2, 0.25) is 11.9 Å². The normalized spacial score (nSPS) is 13.1. The highest BCUT2D eigenvalue weighted by Gasteiger charge is 2.48. The van der Waals surface area contributed by atoms with E-state index >= 15 is 0 Å². The van der Waals surface area contributed by atoms with Gasteiger partial charge in [-0.3, -0.25) is 9.59 Å². The van der Waals surface area contributed by atoms with Gasteiger partial charge in [-0.25, -0.2) is 4.79 Å². The predicted octanol–water partition coefficient (Wildman–Crippen LogP) is 2.62. The van der Waals surface area contributed by atoms with Gasteiger partial charge in [0.15, 0.2) is 6.10 Å². The van der Waals surface area contributed by atoms with Gasteiger partial charge in [0.25, 0.3) is 0 Å². The van der Waals surface area contributed by atoms with Crippen LogP contribution in [0.2, 0.25) is 0 Å². The largest absolute Gasteiger partial charge is 0.479 e. The minimum Gasteiger partial charge on any atom is -0.479 e. The number of aliphatic hydroxyl groups is 1. The van der Waals surface area contributed by atoms with E-state index in [1.807, 2.05) is 0 Å². The maximum absolute atomic E-state index is 12.7. The van der Waals surface area contributed by atoms with Gasteiger partial charge < -0.3 is 24.4 Å². The van der Waals surface area contributed by atoms with Gasteiger partial charge in [-0.05, 0) is 11.1 Å². The Morgan fingerprint density at radius 3 is 1.68 bits per heavy atom. The Morgan fingerprint density at radius 2 is 1.29 bits per heavy atom. The average Bonchev–Trinajstić information content (AvgIpc) is 2.80. The number of carboxylic acid groups (broad SMARTS) is 1. The van der Waals surface area contributed by atoms with Crippen molar-refractivity contribution in [1.82, 2.24) is 0 Å². The van der Waals surface area contributed by atoms with Crippen LogP contribution < -0.4 is 0 Å². The second-order valence-electron chi connectivity index (χ2n) is 6.61. The number of esters is 2. The zero-order valence-electron chi connectivity index (χ0n) is 17.4. The average molecular weight is 430 g/mol. The summed E-state index contributed by atoms with van der Waals surface area (Å²) in [7, 11) is 0. The summed E-state index contributed by atoms with van der Waals surface area (Å²) < 4.78 is 16.4. The molecule has 0 saturated heterocycles. The van der Waals surface area contributed by atoms with Crippen LogP contribution >= 0.6 is 0 Å². The molecule has 8 heteroatoms. The smallest absolute Gasteiger partial charge is 0.345 e. The van der Waals surface area contributed by atoms with Crippen LogP contribution in [0.4, 0.5) is 0 Å². The molecular formula is C23H26O8. The van der Waals surface area contributed by atoms with Gasteiger partial charge in [-0.15, -0.1) is 0 Å². The molecule has 0 saturated carbocycles. The second-order valence-corrected chi connectivity index (χ2v) is 6.61. The summed E-state index contributed by atoms with van der Waals surface area (Å²) in [5, 5.41) is 20.1. The molecule has 0 radical (unpaired) electrons. The molecule has 2 atom stereocenters. The van der Waals surface area contributed by atoms with Crippen molar-refractivity contribution in [3.8, 4) is 0 Å². The summed E-state index contributed by atoms with van der Waals surface area (Å²) in [6.45, 7) is 2.36. The third kappa shape index (κ3) is 5.68. The molecule has 0 heterocycles. The quantitative estimate of drug-likeness (QED) is 0.412. The Labute approximate surface area is 180 Å². The molecule has 31 heavy (non-hydrogen) atoms. The summed E-state index contributed by atoms with van der Waals surface area (Å²) in [5.74, 6) is -2.75. The number of rotatable bonds is 11. The molecule has 0 aliphatic rings. The summed E-state index contributed by atoms with van der Waals surface area (Å²) in [6.07, 6.45) is -3.12. The van der Waals surface area contributed by atoms with E-state index in [2.05, 4.69) is 0 Å². The molecule has 0 aliphatic carbocycles. The van der Waals surface area contributed by atoms with E-state index in [0.717, 1.165) is 0 Å². The lowest BCUT2D eigenvalue weighted by Gasteiger charge is -2.36. The molecular weight excluding hydrogens is 404 g/mol. The maximum Gasteiger partial charge on any atom is 0.345 e. The molecule has 8 nitrogen and oxygen atoms in total. The zero-order chi connectivity index (χ0) is 22.9. The number of ether oxygens (including phenoxy) is 3. The number of benzene rings is 2. The lowest BCUT2D eigenvalue weighted by Crippen LogP contribution is -2.49. The minimum absolute atomic E-state index is 0.00634. The van der Waals surface area contributed by atoms with Crippen LogP contribution in [-0.2, 0) is 34.2 Å². The Bertz CT molecular complexity index is 826. The Kier molecular flexibility index (Phi) is 8.72. The molecule has 0 bridgehead atoms. The van der Waals surface area contributed by atoms with E-state index in [4.69, 9.17) is 14.2 Å². The Morgan fingerprint density at radius 1 is 0.839 bits per heavy atom. The van der Waals surface area contributed by atoms with E-state index < -0.39 is 42.5 Å². The fourth-order valence-corrected chi connectivity index (χ4v) is 2.94. The SMILES string of the molecule is CCC(=O)OC(CO)C(OC(=O)CC)OC(C(=O)O)(c1ccccc1)c1ccccc1. The molecule has 2 N–H and O–H groups in total. The van der Waals surface area contributed by atoms with Gasteiger partial charge in [-0.2, -0.15) is 0 Å². The van der Waals surface area contributed by atoms with Crippen LogP contribution in [0.1, 0.15) is 37.8 Å². The molecule has 2 unspecified atom stereocenters. The van der Waals surface area contributed by atoms with E-state index in [-0.39, 0.29) is 24.0 Å². The van der Waals surface area contributed by atoms with Crippen LogP contribution in [0, 0.1) is 0 Å².